The van der Waals surface area contributed by atoms with E-state index in [1.807, 2.05) is 39.9 Å². The lowest BCUT2D eigenvalue weighted by molar-refractivity contribution is -0.137. The minimum absolute atomic E-state index is 0.0662. The number of benzene rings is 3. The van der Waals surface area contributed by atoms with Gasteiger partial charge >= 0.3 is 6.18 Å². The van der Waals surface area contributed by atoms with Crippen LogP contribution in [-0.2, 0) is 17.5 Å². The highest BCUT2D eigenvalue weighted by atomic mass is 19.4. The Morgan fingerprint density at radius 3 is 2.33 bits per heavy atom. The quantitative estimate of drug-likeness (QED) is 0.251. The molecule has 1 saturated heterocycles. The van der Waals surface area contributed by atoms with Gasteiger partial charge in [-0.05, 0) is 47.5 Å². The fraction of sp³-hybridized carbons (Fsp3) is 0.323. The Balaban J connectivity index is 1.55. The number of carbonyl (C=O) groups excluding carboxylic acids is 1. The summed E-state index contributed by atoms with van der Waals surface area (Å²) in [5.41, 5.74) is 2.31. The Labute approximate surface area is 225 Å². The molecule has 1 fully saturated rings. The molecule has 2 heterocycles. The van der Waals surface area contributed by atoms with Crippen LogP contribution in [0.25, 0.3) is 10.9 Å². The number of likely N-dealkylation sites (N-methyl/N-ethyl adjacent to an activating group) is 1. The van der Waals surface area contributed by atoms with E-state index >= 15 is 0 Å². The van der Waals surface area contributed by atoms with Crippen molar-refractivity contribution in [1.82, 2.24) is 14.4 Å². The van der Waals surface area contributed by atoms with Crippen molar-refractivity contribution in [2.45, 2.75) is 32.0 Å². The van der Waals surface area contributed by atoms with E-state index in [0.29, 0.717) is 25.2 Å². The average molecular weight is 538 g/mol. The van der Waals surface area contributed by atoms with Gasteiger partial charge in [0, 0.05) is 62.2 Å². The zero-order valence-electron chi connectivity index (χ0n) is 21.8. The van der Waals surface area contributed by atoms with E-state index in [0.717, 1.165) is 47.7 Å². The van der Waals surface area contributed by atoms with E-state index in [1.165, 1.54) is 24.3 Å². The highest BCUT2D eigenvalue weighted by Gasteiger charge is 2.33. The molecule has 4 nitrogen and oxygen atoms in total. The van der Waals surface area contributed by atoms with Gasteiger partial charge in [-0.1, -0.05) is 55.5 Å². The zero-order valence-corrected chi connectivity index (χ0v) is 21.8. The molecule has 0 radical (unpaired) electrons. The molecule has 0 aliphatic carbocycles. The van der Waals surface area contributed by atoms with Gasteiger partial charge in [0.05, 0.1) is 5.56 Å². The van der Waals surface area contributed by atoms with Crippen molar-refractivity contribution in [1.29, 1.82) is 0 Å². The van der Waals surface area contributed by atoms with E-state index in [9.17, 15) is 22.4 Å². The molecule has 8 heteroatoms. The van der Waals surface area contributed by atoms with Crippen LogP contribution >= 0.6 is 0 Å². The first-order valence-electron chi connectivity index (χ1n) is 13.2. The van der Waals surface area contributed by atoms with Gasteiger partial charge in [-0.2, -0.15) is 13.2 Å². The number of hydrogen-bond donors (Lipinski definition) is 0. The number of aromatic nitrogens is 1. The summed E-state index contributed by atoms with van der Waals surface area (Å²) in [4.78, 5) is 17.6. The van der Waals surface area contributed by atoms with Gasteiger partial charge in [0.2, 0.25) is 5.91 Å². The summed E-state index contributed by atoms with van der Waals surface area (Å²) in [7, 11) is 0. The maximum atomic E-state index is 13.7. The van der Waals surface area contributed by atoms with Crippen LogP contribution in [0.15, 0.2) is 79.0 Å². The molecule has 0 spiro atoms. The molecule has 4 aromatic rings. The zero-order chi connectivity index (χ0) is 27.6. The van der Waals surface area contributed by atoms with Gasteiger partial charge in [-0.3, -0.25) is 4.79 Å². The number of hydrogen-bond acceptors (Lipinski definition) is 2. The fourth-order valence-electron chi connectivity index (χ4n) is 5.43. The largest absolute Gasteiger partial charge is 0.416 e. The van der Waals surface area contributed by atoms with Crippen molar-refractivity contribution in [3.8, 4) is 0 Å². The second-order valence-corrected chi connectivity index (χ2v) is 10.1. The molecule has 5 rings (SSSR count). The molecule has 1 amide bonds. The first kappa shape index (κ1) is 26.9. The molecule has 1 aliphatic rings. The average Bonchev–Trinajstić information content (AvgIpc) is 3.30. The van der Waals surface area contributed by atoms with E-state index in [1.54, 1.807) is 18.2 Å². The van der Waals surface area contributed by atoms with E-state index < -0.39 is 17.7 Å². The standard InChI is InChI=1S/C31H31F4N3O/c1-2-36-14-16-37(17-15-36)30(39)19-27(23-6-5-7-24(18-23)31(33,34)35)28-21-38(29-9-4-3-8-26(28)29)20-22-10-12-25(32)13-11-22/h3-13,18,21,27H,2,14-17,19-20H2,1H3. The highest BCUT2D eigenvalue weighted by Crippen LogP contribution is 2.38. The Bertz CT molecular complexity index is 1440. The Morgan fingerprint density at radius 1 is 0.923 bits per heavy atom. The predicted octanol–water partition coefficient (Wildman–Crippen LogP) is 6.53. The molecule has 1 unspecified atom stereocenters. The first-order valence-corrected chi connectivity index (χ1v) is 13.2. The number of nitrogens with zero attached hydrogens (tertiary/aromatic N) is 3. The molecule has 1 aliphatic heterocycles. The van der Waals surface area contributed by atoms with Crippen LogP contribution in [0.3, 0.4) is 0 Å². The Hall–Kier alpha value is -3.65. The highest BCUT2D eigenvalue weighted by molar-refractivity contribution is 5.87. The van der Waals surface area contributed by atoms with E-state index in [4.69, 9.17) is 0 Å². The summed E-state index contributed by atoms with van der Waals surface area (Å²) in [6, 6.07) is 19.3. The van der Waals surface area contributed by atoms with Crippen molar-refractivity contribution < 1.29 is 22.4 Å². The summed E-state index contributed by atoms with van der Waals surface area (Å²) in [6.45, 7) is 6.25. The molecule has 0 bridgehead atoms. The number of halogens is 4. The number of fused-ring (bicyclic) bond motifs is 1. The summed E-state index contributed by atoms with van der Waals surface area (Å²) in [6.07, 6.45) is -2.49. The van der Waals surface area contributed by atoms with Gasteiger partial charge < -0.3 is 14.4 Å². The van der Waals surface area contributed by atoms with Crippen molar-refractivity contribution in [3.05, 3.63) is 107 Å². The van der Waals surface area contributed by atoms with Gasteiger partial charge in [-0.15, -0.1) is 0 Å². The summed E-state index contributed by atoms with van der Waals surface area (Å²) in [5, 5.41) is 0.880. The van der Waals surface area contributed by atoms with Crippen LogP contribution < -0.4 is 0 Å². The van der Waals surface area contributed by atoms with E-state index in [-0.39, 0.29) is 18.1 Å². The fourth-order valence-corrected chi connectivity index (χ4v) is 5.43. The molecule has 1 atom stereocenters. The summed E-state index contributed by atoms with van der Waals surface area (Å²) < 4.78 is 56.5. The molecule has 39 heavy (non-hydrogen) atoms. The molecule has 1 aromatic heterocycles. The van der Waals surface area contributed by atoms with Crippen LogP contribution in [0, 0.1) is 5.82 Å². The number of alkyl halides is 3. The van der Waals surface area contributed by atoms with Gasteiger partial charge in [0.1, 0.15) is 5.82 Å². The Kier molecular flexibility index (Phi) is 7.75. The lowest BCUT2D eigenvalue weighted by Gasteiger charge is -2.35. The number of amides is 1. The number of rotatable bonds is 7. The molecular formula is C31H31F4N3O. The first-order chi connectivity index (χ1) is 18.7. The smallest absolute Gasteiger partial charge is 0.343 e. The second kappa shape index (κ2) is 11.2. The van der Waals surface area contributed by atoms with Gasteiger partial charge in [0.15, 0.2) is 0 Å². The minimum atomic E-state index is -4.49. The van der Waals surface area contributed by atoms with Crippen LogP contribution in [0.2, 0.25) is 0 Å². The number of carbonyl (C=O) groups is 1. The van der Waals surface area contributed by atoms with Crippen LogP contribution in [-0.4, -0.2) is 53.0 Å². The topological polar surface area (TPSA) is 28.5 Å². The predicted molar refractivity (Wildman–Crippen MR) is 144 cm³/mol. The minimum Gasteiger partial charge on any atom is -0.343 e. The van der Waals surface area contributed by atoms with Crippen LogP contribution in [0.5, 0.6) is 0 Å². The van der Waals surface area contributed by atoms with Gasteiger partial charge in [0.25, 0.3) is 0 Å². The van der Waals surface area contributed by atoms with Crippen LogP contribution in [0.1, 0.15) is 41.5 Å². The SMILES string of the molecule is CCN1CCN(C(=O)CC(c2cccc(C(F)(F)F)c2)c2cn(Cc3ccc(F)cc3)c3ccccc23)CC1. The third-order valence-corrected chi connectivity index (χ3v) is 7.63. The number of para-hydroxylation sites is 1. The molecule has 0 saturated carbocycles. The van der Waals surface area contributed by atoms with Crippen LogP contribution in [0.4, 0.5) is 17.6 Å². The van der Waals surface area contributed by atoms with Crippen molar-refractivity contribution in [2.24, 2.45) is 0 Å². The van der Waals surface area contributed by atoms with E-state index in [2.05, 4.69) is 11.8 Å². The maximum Gasteiger partial charge on any atom is 0.416 e. The molecule has 0 N–H and O–H groups in total. The molecular weight excluding hydrogens is 506 g/mol. The van der Waals surface area contributed by atoms with Crippen molar-refractivity contribution in [2.75, 3.05) is 32.7 Å². The Morgan fingerprint density at radius 2 is 1.64 bits per heavy atom. The molecule has 204 valence electrons. The summed E-state index contributed by atoms with van der Waals surface area (Å²) in [5.74, 6) is -0.952. The van der Waals surface area contributed by atoms with Gasteiger partial charge in [-0.25, -0.2) is 4.39 Å². The number of piperazine rings is 1. The normalized spacial score (nSPS) is 15.6. The monoisotopic (exact) mass is 537 g/mol. The third kappa shape index (κ3) is 6.01. The lowest BCUT2D eigenvalue weighted by atomic mass is 9.87. The second-order valence-electron chi connectivity index (χ2n) is 10.1. The maximum absolute atomic E-state index is 13.7. The summed E-state index contributed by atoms with van der Waals surface area (Å²) >= 11 is 0. The van der Waals surface area contributed by atoms with Crippen molar-refractivity contribution >= 4 is 16.8 Å². The van der Waals surface area contributed by atoms with Crippen molar-refractivity contribution in [3.63, 3.8) is 0 Å². The lowest BCUT2D eigenvalue weighted by Crippen LogP contribution is -2.48. The molecule has 3 aromatic carbocycles. The third-order valence-electron chi connectivity index (χ3n) is 7.63.